The fraction of sp³-hybridized carbons (Fsp3) is 0.350. The van der Waals surface area contributed by atoms with Gasteiger partial charge in [0.05, 0.1) is 5.69 Å². The molecular formula is C20H21NO. The van der Waals surface area contributed by atoms with Crippen molar-refractivity contribution in [2.45, 2.75) is 45.4 Å². The average Bonchev–Trinajstić information content (AvgIpc) is 2.93. The Labute approximate surface area is 131 Å². The number of furan rings is 1. The maximum absolute atomic E-state index is 6.24. The molecule has 2 nitrogen and oxygen atoms in total. The van der Waals surface area contributed by atoms with E-state index in [1.807, 2.05) is 6.20 Å². The molecule has 2 aromatic heterocycles. The third-order valence-electron chi connectivity index (χ3n) is 4.71. The molecule has 0 aliphatic heterocycles. The summed E-state index contributed by atoms with van der Waals surface area (Å²) in [6, 6.07) is 10.7. The molecule has 1 aromatic carbocycles. The van der Waals surface area contributed by atoms with Crippen molar-refractivity contribution in [3.63, 3.8) is 0 Å². The normalized spacial score (nSPS) is 14.5. The number of nitrogens with zero attached hydrogens (tertiary/aromatic N) is 1. The molecule has 0 saturated carbocycles. The lowest BCUT2D eigenvalue weighted by Gasteiger charge is -2.08. The van der Waals surface area contributed by atoms with Crippen LogP contribution < -0.4 is 0 Å². The van der Waals surface area contributed by atoms with E-state index < -0.39 is 0 Å². The minimum Gasteiger partial charge on any atom is -0.460 e. The molecule has 2 heterocycles. The highest BCUT2D eigenvalue weighted by Gasteiger charge is 2.20. The molecule has 1 aliphatic rings. The van der Waals surface area contributed by atoms with Crippen LogP contribution in [0.25, 0.3) is 22.2 Å². The molecule has 3 aromatic rings. The van der Waals surface area contributed by atoms with E-state index in [-0.39, 0.29) is 0 Å². The average molecular weight is 291 g/mol. The summed E-state index contributed by atoms with van der Waals surface area (Å²) in [4.78, 5) is 4.59. The van der Waals surface area contributed by atoms with Crippen LogP contribution in [-0.4, -0.2) is 4.98 Å². The quantitative estimate of drug-likeness (QED) is 0.623. The minimum atomic E-state index is 0.505. The predicted octanol–water partition coefficient (Wildman–Crippen LogP) is 5.50. The second-order valence-corrected chi connectivity index (χ2v) is 6.52. The van der Waals surface area contributed by atoms with Gasteiger partial charge < -0.3 is 4.42 Å². The van der Waals surface area contributed by atoms with Gasteiger partial charge in [-0.05, 0) is 48.9 Å². The summed E-state index contributed by atoms with van der Waals surface area (Å²) < 4.78 is 6.24. The Morgan fingerprint density at radius 2 is 1.95 bits per heavy atom. The zero-order valence-corrected chi connectivity index (χ0v) is 13.2. The Hall–Kier alpha value is -2.09. The first-order chi connectivity index (χ1) is 10.7. The van der Waals surface area contributed by atoms with Crippen LogP contribution in [0.5, 0.6) is 0 Å². The molecule has 0 atom stereocenters. The number of hydrogen-bond acceptors (Lipinski definition) is 2. The van der Waals surface area contributed by atoms with Crippen LogP contribution in [0.3, 0.4) is 0 Å². The molecule has 0 saturated heterocycles. The predicted molar refractivity (Wildman–Crippen MR) is 90.2 cm³/mol. The number of rotatable bonds is 2. The lowest BCUT2D eigenvalue weighted by Crippen LogP contribution is -1.98. The molecule has 0 unspecified atom stereocenters. The first-order valence-corrected chi connectivity index (χ1v) is 8.23. The van der Waals surface area contributed by atoms with Gasteiger partial charge in [0.25, 0.3) is 0 Å². The van der Waals surface area contributed by atoms with Gasteiger partial charge in [0.15, 0.2) is 0 Å². The van der Waals surface area contributed by atoms with E-state index in [1.165, 1.54) is 35.1 Å². The fourth-order valence-corrected chi connectivity index (χ4v) is 3.44. The molecule has 1 aliphatic carbocycles. The zero-order chi connectivity index (χ0) is 15.1. The summed E-state index contributed by atoms with van der Waals surface area (Å²) in [6.45, 7) is 4.43. The van der Waals surface area contributed by atoms with Gasteiger partial charge >= 0.3 is 0 Å². The second kappa shape index (κ2) is 5.28. The molecule has 0 bridgehead atoms. The summed E-state index contributed by atoms with van der Waals surface area (Å²) in [5.41, 5.74) is 5.89. The molecule has 0 radical (unpaired) electrons. The van der Waals surface area contributed by atoms with Gasteiger partial charge in [-0.3, -0.25) is 4.98 Å². The second-order valence-electron chi connectivity index (χ2n) is 6.52. The maximum Gasteiger partial charge on any atom is 0.143 e. The van der Waals surface area contributed by atoms with E-state index in [0.717, 1.165) is 29.7 Å². The summed E-state index contributed by atoms with van der Waals surface area (Å²) in [5, 5.41) is 1.28. The topological polar surface area (TPSA) is 26.0 Å². The Bertz CT molecular complexity index is 829. The van der Waals surface area contributed by atoms with E-state index in [1.54, 1.807) is 0 Å². The number of pyridine rings is 1. The summed E-state index contributed by atoms with van der Waals surface area (Å²) >= 11 is 0. The maximum atomic E-state index is 6.24. The lowest BCUT2D eigenvalue weighted by atomic mass is 9.95. The Balaban J connectivity index is 1.92. The van der Waals surface area contributed by atoms with Crippen LogP contribution in [0, 0.1) is 0 Å². The van der Waals surface area contributed by atoms with E-state index in [0.29, 0.717) is 5.92 Å². The molecule has 22 heavy (non-hydrogen) atoms. The number of aromatic nitrogens is 1. The largest absolute Gasteiger partial charge is 0.460 e. The smallest absolute Gasteiger partial charge is 0.143 e. The van der Waals surface area contributed by atoms with Crippen molar-refractivity contribution in [1.29, 1.82) is 0 Å². The third-order valence-corrected chi connectivity index (χ3v) is 4.71. The van der Waals surface area contributed by atoms with Gasteiger partial charge in [0, 0.05) is 29.1 Å². The van der Waals surface area contributed by atoms with Gasteiger partial charge in [0.2, 0.25) is 0 Å². The SMILES string of the molecule is CC(C)c1ccnc(-c2cccc3c4c(oc23)CCCC4)c1. The van der Waals surface area contributed by atoms with Crippen molar-refractivity contribution in [3.8, 4) is 11.3 Å². The molecular weight excluding hydrogens is 270 g/mol. The molecule has 0 fully saturated rings. The number of aryl methyl sites for hydroxylation is 2. The third kappa shape index (κ3) is 2.14. The summed E-state index contributed by atoms with van der Waals surface area (Å²) in [5.74, 6) is 1.69. The van der Waals surface area contributed by atoms with Gasteiger partial charge in [-0.15, -0.1) is 0 Å². The number of hydrogen-bond donors (Lipinski definition) is 0. The van der Waals surface area contributed by atoms with Gasteiger partial charge in [0.1, 0.15) is 11.3 Å². The first kappa shape index (κ1) is 13.6. The Morgan fingerprint density at radius 1 is 1.09 bits per heavy atom. The molecule has 4 rings (SSSR count). The van der Waals surface area contributed by atoms with Gasteiger partial charge in [-0.25, -0.2) is 0 Å². The van der Waals surface area contributed by atoms with Crippen molar-refractivity contribution in [2.75, 3.05) is 0 Å². The van der Waals surface area contributed by atoms with E-state index in [9.17, 15) is 0 Å². The zero-order valence-electron chi connectivity index (χ0n) is 13.2. The summed E-state index contributed by atoms with van der Waals surface area (Å²) in [7, 11) is 0. The van der Waals surface area contributed by atoms with Crippen molar-refractivity contribution in [3.05, 3.63) is 53.4 Å². The van der Waals surface area contributed by atoms with Gasteiger partial charge in [-0.1, -0.05) is 26.0 Å². The molecule has 112 valence electrons. The summed E-state index contributed by atoms with van der Waals surface area (Å²) in [6.07, 6.45) is 6.64. The standard InChI is InChI=1S/C20H21NO/c1-13(2)14-10-11-21-18(12-14)17-8-5-7-16-15-6-3-4-9-19(15)22-20(16)17/h5,7-8,10-13H,3-4,6,9H2,1-2H3. The van der Waals surface area contributed by atoms with Crippen molar-refractivity contribution < 1.29 is 4.42 Å². The Morgan fingerprint density at radius 3 is 2.82 bits per heavy atom. The monoisotopic (exact) mass is 291 g/mol. The van der Waals surface area contributed by atoms with Crippen LogP contribution in [0.4, 0.5) is 0 Å². The lowest BCUT2D eigenvalue weighted by molar-refractivity contribution is 0.506. The minimum absolute atomic E-state index is 0.505. The molecule has 0 N–H and O–H groups in total. The van der Waals surface area contributed by atoms with Crippen molar-refractivity contribution in [2.24, 2.45) is 0 Å². The highest BCUT2D eigenvalue weighted by molar-refractivity contribution is 5.94. The highest BCUT2D eigenvalue weighted by atomic mass is 16.3. The van der Waals surface area contributed by atoms with Crippen LogP contribution in [0.15, 0.2) is 40.9 Å². The van der Waals surface area contributed by atoms with E-state index >= 15 is 0 Å². The Kier molecular flexibility index (Phi) is 3.25. The number of fused-ring (bicyclic) bond motifs is 3. The van der Waals surface area contributed by atoms with Crippen molar-refractivity contribution >= 4 is 11.0 Å². The molecule has 0 spiro atoms. The number of para-hydroxylation sites is 1. The van der Waals surface area contributed by atoms with Crippen LogP contribution in [0.1, 0.15) is 49.5 Å². The van der Waals surface area contributed by atoms with Gasteiger partial charge in [-0.2, -0.15) is 0 Å². The van der Waals surface area contributed by atoms with E-state index in [4.69, 9.17) is 4.42 Å². The van der Waals surface area contributed by atoms with Crippen LogP contribution >= 0.6 is 0 Å². The fourth-order valence-electron chi connectivity index (χ4n) is 3.44. The molecule has 2 heteroatoms. The highest BCUT2D eigenvalue weighted by Crippen LogP contribution is 2.37. The van der Waals surface area contributed by atoms with Crippen LogP contribution in [-0.2, 0) is 12.8 Å². The van der Waals surface area contributed by atoms with Crippen LogP contribution in [0.2, 0.25) is 0 Å². The number of benzene rings is 1. The first-order valence-electron chi connectivity index (χ1n) is 8.23. The molecule has 0 amide bonds. The van der Waals surface area contributed by atoms with Crippen molar-refractivity contribution in [1.82, 2.24) is 4.98 Å². The van der Waals surface area contributed by atoms with E-state index in [2.05, 4.69) is 49.2 Å².